The van der Waals surface area contributed by atoms with Crippen molar-refractivity contribution < 1.29 is 14.3 Å². The average Bonchev–Trinajstić information content (AvgIpc) is 2.53. The van der Waals surface area contributed by atoms with Crippen molar-refractivity contribution in [3.8, 4) is 5.75 Å². The molecule has 0 saturated carbocycles. The number of hydrogen-bond acceptors (Lipinski definition) is 6. The van der Waals surface area contributed by atoms with E-state index in [9.17, 15) is 9.59 Å². The Morgan fingerprint density at radius 3 is 2.77 bits per heavy atom. The van der Waals surface area contributed by atoms with Gasteiger partial charge in [-0.15, -0.1) is 0 Å². The molecule has 0 saturated heterocycles. The maximum absolute atomic E-state index is 11.8. The van der Waals surface area contributed by atoms with Crippen molar-refractivity contribution in [2.24, 2.45) is 0 Å². The number of para-hydroxylation sites is 1. The fourth-order valence-electron chi connectivity index (χ4n) is 1.62. The number of benzene rings is 1. The molecule has 1 heterocycles. The Hall–Kier alpha value is -2.28. The van der Waals surface area contributed by atoms with Gasteiger partial charge in [-0.25, -0.2) is 9.78 Å². The average molecular weight is 320 g/mol. The van der Waals surface area contributed by atoms with E-state index in [0.717, 1.165) is 5.75 Å². The largest absolute Gasteiger partial charge is 0.493 e. The summed E-state index contributed by atoms with van der Waals surface area (Å²) in [5, 5.41) is 0.440. The summed E-state index contributed by atoms with van der Waals surface area (Å²) < 4.78 is 10.3. The third-order valence-corrected chi connectivity index (χ3v) is 3.46. The van der Waals surface area contributed by atoms with Crippen molar-refractivity contribution in [3.05, 3.63) is 52.4 Å². The number of aromatic amines is 1. The van der Waals surface area contributed by atoms with E-state index in [2.05, 4.69) is 9.97 Å². The lowest BCUT2D eigenvalue weighted by Crippen LogP contribution is -2.21. The van der Waals surface area contributed by atoms with Crippen molar-refractivity contribution in [2.45, 2.75) is 12.1 Å². The first-order valence-electron chi connectivity index (χ1n) is 6.77. The van der Waals surface area contributed by atoms with Crippen LogP contribution in [0.1, 0.15) is 17.3 Å². The van der Waals surface area contributed by atoms with Crippen LogP contribution in [0.5, 0.6) is 5.75 Å². The van der Waals surface area contributed by atoms with Crippen LogP contribution in [0.15, 0.2) is 46.5 Å². The molecule has 0 radical (unpaired) electrons. The highest BCUT2D eigenvalue weighted by Crippen LogP contribution is 2.13. The number of esters is 1. The summed E-state index contributed by atoms with van der Waals surface area (Å²) in [6.07, 6.45) is 1.23. The van der Waals surface area contributed by atoms with Crippen LogP contribution in [-0.4, -0.2) is 34.9 Å². The molecule has 7 heteroatoms. The lowest BCUT2D eigenvalue weighted by molar-refractivity contribution is 0.0523. The first-order valence-corrected chi connectivity index (χ1v) is 7.76. The third-order valence-electron chi connectivity index (χ3n) is 2.61. The van der Waals surface area contributed by atoms with Gasteiger partial charge in [-0.1, -0.05) is 30.0 Å². The standard InChI is InChI=1S/C15H16N2O4S/c1-2-20-14(19)12-10-16-15(17-13(12)18)22-9-8-21-11-6-4-3-5-7-11/h3-7,10H,2,8-9H2,1H3,(H,16,17,18). The van der Waals surface area contributed by atoms with E-state index in [-0.39, 0.29) is 12.2 Å². The Kier molecular flexibility index (Phi) is 6.02. The summed E-state index contributed by atoms with van der Waals surface area (Å²) in [4.78, 5) is 29.8. The fraction of sp³-hybridized carbons (Fsp3) is 0.267. The molecule has 0 aliphatic carbocycles. The molecule has 0 bridgehead atoms. The number of ether oxygens (including phenoxy) is 2. The van der Waals surface area contributed by atoms with Gasteiger partial charge in [0.1, 0.15) is 11.3 Å². The summed E-state index contributed by atoms with van der Waals surface area (Å²) >= 11 is 1.34. The van der Waals surface area contributed by atoms with E-state index < -0.39 is 11.5 Å². The number of carbonyl (C=O) groups is 1. The number of hydrogen-bond donors (Lipinski definition) is 1. The van der Waals surface area contributed by atoms with Gasteiger partial charge in [0.2, 0.25) is 0 Å². The van der Waals surface area contributed by atoms with Gasteiger partial charge in [-0.2, -0.15) is 0 Å². The highest BCUT2D eigenvalue weighted by molar-refractivity contribution is 7.99. The smallest absolute Gasteiger partial charge is 0.345 e. The zero-order valence-electron chi connectivity index (χ0n) is 12.1. The van der Waals surface area contributed by atoms with Crippen molar-refractivity contribution in [1.82, 2.24) is 9.97 Å². The topological polar surface area (TPSA) is 81.3 Å². The van der Waals surface area contributed by atoms with Crippen LogP contribution in [0.25, 0.3) is 0 Å². The zero-order valence-corrected chi connectivity index (χ0v) is 12.9. The Bertz CT molecular complexity index is 673. The molecule has 0 aliphatic heterocycles. The minimum Gasteiger partial charge on any atom is -0.493 e. The minimum absolute atomic E-state index is 0.0910. The van der Waals surface area contributed by atoms with Gasteiger partial charge in [0.05, 0.1) is 13.2 Å². The number of H-pyrrole nitrogens is 1. The predicted octanol–water partition coefficient (Wildman–Crippen LogP) is 2.12. The minimum atomic E-state index is -0.666. The number of thioether (sulfide) groups is 1. The van der Waals surface area contributed by atoms with E-state index in [1.165, 1.54) is 18.0 Å². The molecule has 0 spiro atoms. The number of nitrogens with zero attached hydrogens (tertiary/aromatic N) is 1. The summed E-state index contributed by atoms with van der Waals surface area (Å²) in [6, 6.07) is 9.46. The summed E-state index contributed by atoms with van der Waals surface area (Å²) in [5.74, 6) is 0.749. The van der Waals surface area contributed by atoms with Crippen LogP contribution in [0.4, 0.5) is 0 Å². The Morgan fingerprint density at radius 1 is 1.32 bits per heavy atom. The van der Waals surface area contributed by atoms with Gasteiger partial charge in [0, 0.05) is 11.9 Å². The highest BCUT2D eigenvalue weighted by atomic mass is 32.2. The highest BCUT2D eigenvalue weighted by Gasteiger charge is 2.12. The first kappa shape index (κ1) is 16.1. The van der Waals surface area contributed by atoms with Crippen LogP contribution in [-0.2, 0) is 4.74 Å². The monoisotopic (exact) mass is 320 g/mol. The Balaban J connectivity index is 1.85. The molecule has 0 unspecified atom stereocenters. The maximum Gasteiger partial charge on any atom is 0.345 e. The molecule has 2 aromatic rings. The third kappa shape index (κ3) is 4.63. The van der Waals surface area contributed by atoms with E-state index in [4.69, 9.17) is 9.47 Å². The Morgan fingerprint density at radius 2 is 2.09 bits per heavy atom. The Labute approximate surface area is 131 Å². The van der Waals surface area contributed by atoms with E-state index in [1.54, 1.807) is 6.92 Å². The van der Waals surface area contributed by atoms with E-state index in [0.29, 0.717) is 17.5 Å². The summed E-state index contributed by atoms with van der Waals surface area (Å²) in [5.41, 5.74) is -0.591. The number of aromatic nitrogens is 2. The number of nitrogens with one attached hydrogen (secondary N) is 1. The van der Waals surface area contributed by atoms with Gasteiger partial charge in [0.25, 0.3) is 5.56 Å². The molecular formula is C15H16N2O4S. The molecule has 6 nitrogen and oxygen atoms in total. The molecule has 22 heavy (non-hydrogen) atoms. The zero-order chi connectivity index (χ0) is 15.8. The van der Waals surface area contributed by atoms with Gasteiger partial charge in [0.15, 0.2) is 5.16 Å². The van der Waals surface area contributed by atoms with Gasteiger partial charge >= 0.3 is 5.97 Å². The second-order valence-corrected chi connectivity index (χ2v) is 5.25. The predicted molar refractivity (Wildman–Crippen MR) is 83.5 cm³/mol. The van der Waals surface area contributed by atoms with Crippen LogP contribution in [0.2, 0.25) is 0 Å². The SMILES string of the molecule is CCOC(=O)c1cnc(SCCOc2ccccc2)[nH]c1=O. The second-order valence-electron chi connectivity index (χ2n) is 4.16. The fourth-order valence-corrected chi connectivity index (χ4v) is 2.27. The van der Waals surface area contributed by atoms with Crippen LogP contribution in [0, 0.1) is 0 Å². The number of carbonyl (C=O) groups excluding carboxylic acids is 1. The summed E-state index contributed by atoms with van der Waals surface area (Å²) in [6.45, 7) is 2.38. The van der Waals surface area contributed by atoms with E-state index in [1.807, 2.05) is 30.3 Å². The molecule has 1 aromatic heterocycles. The first-order chi connectivity index (χ1) is 10.7. The van der Waals surface area contributed by atoms with Crippen LogP contribution in [0.3, 0.4) is 0 Å². The maximum atomic E-state index is 11.8. The van der Waals surface area contributed by atoms with Crippen molar-refractivity contribution in [2.75, 3.05) is 19.0 Å². The molecule has 2 rings (SSSR count). The molecule has 0 fully saturated rings. The molecule has 116 valence electrons. The van der Waals surface area contributed by atoms with Crippen molar-refractivity contribution in [1.29, 1.82) is 0 Å². The van der Waals surface area contributed by atoms with Crippen molar-refractivity contribution >= 4 is 17.7 Å². The van der Waals surface area contributed by atoms with Crippen molar-refractivity contribution in [3.63, 3.8) is 0 Å². The van der Waals surface area contributed by atoms with Gasteiger partial charge in [-0.05, 0) is 19.1 Å². The number of rotatable bonds is 7. The summed E-state index contributed by atoms with van der Waals surface area (Å²) in [7, 11) is 0. The molecule has 0 aliphatic rings. The lowest BCUT2D eigenvalue weighted by Gasteiger charge is -2.05. The molecular weight excluding hydrogens is 304 g/mol. The molecule has 1 aromatic carbocycles. The molecule has 0 amide bonds. The molecule has 1 N–H and O–H groups in total. The van der Waals surface area contributed by atoms with E-state index >= 15 is 0 Å². The quantitative estimate of drug-likeness (QED) is 0.364. The van der Waals surface area contributed by atoms with Gasteiger partial charge in [-0.3, -0.25) is 4.79 Å². The van der Waals surface area contributed by atoms with Crippen LogP contribution < -0.4 is 10.3 Å². The normalized spacial score (nSPS) is 10.2. The molecule has 0 atom stereocenters. The second kappa shape index (κ2) is 8.23. The lowest BCUT2D eigenvalue weighted by atomic mass is 10.3. The van der Waals surface area contributed by atoms with Crippen LogP contribution >= 0.6 is 11.8 Å². The van der Waals surface area contributed by atoms with Gasteiger partial charge < -0.3 is 14.5 Å².